The summed E-state index contributed by atoms with van der Waals surface area (Å²) in [4.78, 5) is 3.73. The fourth-order valence-electron chi connectivity index (χ4n) is 1.63. The molecule has 0 aliphatic carbocycles. The molecule has 0 heterocycles. The van der Waals surface area contributed by atoms with Gasteiger partial charge in [0.2, 0.25) is 0 Å². The van der Waals surface area contributed by atoms with Crippen molar-refractivity contribution in [2.45, 2.75) is 19.8 Å². The molecular formula is C10H17N5. The van der Waals surface area contributed by atoms with Gasteiger partial charge in [-0.2, -0.15) is 0 Å². The predicted molar refractivity (Wildman–Crippen MR) is 67.4 cm³/mol. The number of hydrogen-bond donors (Lipinski definition) is 4. The van der Waals surface area contributed by atoms with Crippen LogP contribution in [0.15, 0.2) is 4.99 Å². The summed E-state index contributed by atoms with van der Waals surface area (Å²) >= 11 is 0. The first kappa shape index (κ1) is 11.2. The SMILES string of the molecule is C=Nc1c(N)c(N)c(C(C)C)c(N)c1N. The Hall–Kier alpha value is -1.91. The summed E-state index contributed by atoms with van der Waals surface area (Å²) in [5.41, 5.74) is 26.1. The van der Waals surface area contributed by atoms with Crippen molar-refractivity contribution in [2.24, 2.45) is 4.99 Å². The number of nitrogens with two attached hydrogens (primary N) is 4. The van der Waals surface area contributed by atoms with Crippen LogP contribution in [0.25, 0.3) is 0 Å². The summed E-state index contributed by atoms with van der Waals surface area (Å²) in [5, 5.41) is 0. The van der Waals surface area contributed by atoms with Crippen molar-refractivity contribution in [1.82, 2.24) is 0 Å². The summed E-state index contributed by atoms with van der Waals surface area (Å²) in [6.07, 6.45) is 0. The van der Waals surface area contributed by atoms with E-state index < -0.39 is 0 Å². The lowest BCUT2D eigenvalue weighted by atomic mass is 9.96. The topological polar surface area (TPSA) is 116 Å². The van der Waals surface area contributed by atoms with Crippen LogP contribution >= 0.6 is 0 Å². The molecule has 8 N–H and O–H groups in total. The van der Waals surface area contributed by atoms with E-state index in [9.17, 15) is 0 Å². The molecule has 0 radical (unpaired) electrons. The van der Waals surface area contributed by atoms with Gasteiger partial charge < -0.3 is 22.9 Å². The molecule has 0 aromatic heterocycles. The average molecular weight is 207 g/mol. The van der Waals surface area contributed by atoms with Crippen LogP contribution in [0.1, 0.15) is 25.3 Å². The molecule has 15 heavy (non-hydrogen) atoms. The maximum atomic E-state index is 5.88. The molecule has 0 saturated carbocycles. The summed E-state index contributed by atoms with van der Waals surface area (Å²) < 4.78 is 0. The van der Waals surface area contributed by atoms with Crippen LogP contribution in [0.4, 0.5) is 28.4 Å². The number of rotatable bonds is 2. The largest absolute Gasteiger partial charge is 0.397 e. The van der Waals surface area contributed by atoms with E-state index in [1.54, 1.807) is 0 Å². The van der Waals surface area contributed by atoms with Gasteiger partial charge in [-0.05, 0) is 12.6 Å². The van der Waals surface area contributed by atoms with Crippen molar-refractivity contribution in [3.05, 3.63) is 5.56 Å². The third kappa shape index (κ3) is 1.56. The number of hydrogen-bond acceptors (Lipinski definition) is 5. The Kier molecular flexibility index (Phi) is 2.74. The van der Waals surface area contributed by atoms with E-state index in [2.05, 4.69) is 11.7 Å². The minimum atomic E-state index is 0.161. The first-order chi connectivity index (χ1) is 6.91. The normalized spacial score (nSPS) is 10.6. The van der Waals surface area contributed by atoms with Crippen LogP contribution < -0.4 is 22.9 Å². The predicted octanol–water partition coefficient (Wildman–Crippen LogP) is 1.47. The molecule has 0 amide bonds. The van der Waals surface area contributed by atoms with Gasteiger partial charge in [0.05, 0.1) is 22.7 Å². The third-order valence-corrected chi connectivity index (χ3v) is 2.41. The van der Waals surface area contributed by atoms with Gasteiger partial charge in [0, 0.05) is 5.56 Å². The van der Waals surface area contributed by atoms with Gasteiger partial charge in [-0.15, -0.1) is 0 Å². The second-order valence-electron chi connectivity index (χ2n) is 3.73. The van der Waals surface area contributed by atoms with E-state index in [0.29, 0.717) is 28.4 Å². The van der Waals surface area contributed by atoms with E-state index in [1.165, 1.54) is 0 Å². The first-order valence-corrected chi connectivity index (χ1v) is 4.64. The van der Waals surface area contributed by atoms with Crippen LogP contribution in [0.2, 0.25) is 0 Å². The molecule has 0 saturated heterocycles. The van der Waals surface area contributed by atoms with E-state index in [0.717, 1.165) is 5.56 Å². The Morgan fingerprint density at radius 2 is 1.33 bits per heavy atom. The van der Waals surface area contributed by atoms with Crippen molar-refractivity contribution in [3.8, 4) is 0 Å². The fourth-order valence-corrected chi connectivity index (χ4v) is 1.63. The summed E-state index contributed by atoms with van der Waals surface area (Å²) in [5.74, 6) is 0.161. The van der Waals surface area contributed by atoms with Crippen molar-refractivity contribution in [2.75, 3.05) is 22.9 Å². The number of benzene rings is 1. The summed E-state index contributed by atoms with van der Waals surface area (Å²) in [7, 11) is 0. The van der Waals surface area contributed by atoms with Gasteiger partial charge in [0.15, 0.2) is 0 Å². The zero-order chi connectivity index (χ0) is 11.7. The minimum absolute atomic E-state index is 0.161. The molecule has 1 rings (SSSR count). The molecule has 0 bridgehead atoms. The highest BCUT2D eigenvalue weighted by atomic mass is 14.9. The highest BCUT2D eigenvalue weighted by molar-refractivity contribution is 5.96. The number of nitrogen functional groups attached to an aromatic ring is 4. The van der Waals surface area contributed by atoms with Crippen LogP contribution in [0.3, 0.4) is 0 Å². The van der Waals surface area contributed by atoms with E-state index in [-0.39, 0.29) is 5.92 Å². The fraction of sp³-hybridized carbons (Fsp3) is 0.300. The smallest absolute Gasteiger partial charge is 0.112 e. The van der Waals surface area contributed by atoms with Crippen LogP contribution in [-0.4, -0.2) is 6.72 Å². The summed E-state index contributed by atoms with van der Waals surface area (Å²) in [6, 6.07) is 0. The summed E-state index contributed by atoms with van der Waals surface area (Å²) in [6.45, 7) is 7.34. The van der Waals surface area contributed by atoms with Crippen molar-refractivity contribution >= 4 is 35.2 Å². The third-order valence-electron chi connectivity index (χ3n) is 2.41. The van der Waals surface area contributed by atoms with Crippen LogP contribution in [0, 0.1) is 0 Å². The Morgan fingerprint density at radius 1 is 0.933 bits per heavy atom. The lowest BCUT2D eigenvalue weighted by Gasteiger charge is -2.18. The zero-order valence-electron chi connectivity index (χ0n) is 9.04. The number of nitrogens with zero attached hydrogens (tertiary/aromatic N) is 1. The zero-order valence-corrected chi connectivity index (χ0v) is 9.04. The molecule has 0 aliphatic heterocycles. The maximum Gasteiger partial charge on any atom is 0.112 e. The molecule has 1 aromatic rings. The Morgan fingerprint density at radius 3 is 1.60 bits per heavy atom. The quantitative estimate of drug-likeness (QED) is 0.434. The minimum Gasteiger partial charge on any atom is -0.397 e. The van der Waals surface area contributed by atoms with E-state index in [1.807, 2.05) is 13.8 Å². The molecule has 0 spiro atoms. The molecule has 82 valence electrons. The lowest BCUT2D eigenvalue weighted by molar-refractivity contribution is 0.874. The Bertz CT molecular complexity index is 380. The second-order valence-corrected chi connectivity index (χ2v) is 3.73. The number of aliphatic imine (C=N–C) groups is 1. The van der Waals surface area contributed by atoms with Crippen LogP contribution in [0.5, 0.6) is 0 Å². The van der Waals surface area contributed by atoms with Gasteiger partial charge >= 0.3 is 0 Å². The molecule has 0 unspecified atom stereocenters. The molecule has 0 aliphatic rings. The number of anilines is 4. The lowest BCUT2D eigenvalue weighted by Crippen LogP contribution is -2.09. The van der Waals surface area contributed by atoms with E-state index >= 15 is 0 Å². The van der Waals surface area contributed by atoms with Gasteiger partial charge in [-0.3, -0.25) is 4.99 Å². The van der Waals surface area contributed by atoms with Gasteiger partial charge in [-0.25, -0.2) is 0 Å². The molecule has 5 nitrogen and oxygen atoms in total. The standard InChI is InChI=1S/C10H17N5/c1-4(2)5-6(11)8(13)10(15-3)9(14)7(5)12/h4H,3,11-14H2,1-2H3. The van der Waals surface area contributed by atoms with Gasteiger partial charge in [0.25, 0.3) is 0 Å². The molecule has 0 fully saturated rings. The van der Waals surface area contributed by atoms with Crippen molar-refractivity contribution in [3.63, 3.8) is 0 Å². The van der Waals surface area contributed by atoms with Gasteiger partial charge in [-0.1, -0.05) is 13.8 Å². The monoisotopic (exact) mass is 207 g/mol. The Labute approximate surface area is 89.1 Å². The second kappa shape index (κ2) is 3.68. The maximum absolute atomic E-state index is 5.88. The average Bonchev–Trinajstić information content (AvgIpc) is 2.16. The molecule has 0 atom stereocenters. The van der Waals surface area contributed by atoms with Crippen LogP contribution in [-0.2, 0) is 0 Å². The van der Waals surface area contributed by atoms with Crippen molar-refractivity contribution < 1.29 is 0 Å². The van der Waals surface area contributed by atoms with Crippen molar-refractivity contribution in [1.29, 1.82) is 0 Å². The molecular weight excluding hydrogens is 190 g/mol. The first-order valence-electron chi connectivity index (χ1n) is 4.64. The molecule has 5 heteroatoms. The highest BCUT2D eigenvalue weighted by Gasteiger charge is 2.18. The Balaban J connectivity index is 3.66. The highest BCUT2D eigenvalue weighted by Crippen LogP contribution is 2.44. The van der Waals surface area contributed by atoms with E-state index in [4.69, 9.17) is 22.9 Å². The van der Waals surface area contributed by atoms with Gasteiger partial charge in [0.1, 0.15) is 5.69 Å². The molecule has 1 aromatic carbocycles.